The van der Waals surface area contributed by atoms with Crippen molar-refractivity contribution in [2.75, 3.05) is 7.11 Å². The zero-order valence-corrected chi connectivity index (χ0v) is 23.2. The van der Waals surface area contributed by atoms with Crippen molar-refractivity contribution in [3.8, 4) is 28.1 Å². The number of tetrazole rings is 1. The number of hydrogen-bond acceptors (Lipinski definition) is 6. The topological polar surface area (TPSA) is 123 Å². The van der Waals surface area contributed by atoms with Crippen LogP contribution in [-0.4, -0.2) is 48.4 Å². The Morgan fingerprint density at radius 2 is 1.83 bits per heavy atom. The van der Waals surface area contributed by atoms with E-state index in [1.54, 1.807) is 53.1 Å². The van der Waals surface area contributed by atoms with Crippen LogP contribution < -0.4 is 9.57 Å². The monoisotopic (exact) mass is 578 g/mol. The number of halogens is 1. The average Bonchev–Trinajstić information content (AvgIpc) is 3.74. The molecule has 0 saturated carbocycles. The van der Waals surface area contributed by atoms with E-state index in [1.807, 2.05) is 48.7 Å². The maximum absolute atomic E-state index is 11.3. The molecule has 6 aromatic rings. The Bertz CT molecular complexity index is 1840. The molecule has 0 aliphatic rings. The quantitative estimate of drug-likeness (QED) is 0.236. The van der Waals surface area contributed by atoms with Gasteiger partial charge in [-0.2, -0.15) is 4.68 Å². The van der Waals surface area contributed by atoms with Crippen LogP contribution in [0.15, 0.2) is 104 Å². The minimum absolute atomic E-state index is 0.202. The van der Waals surface area contributed by atoms with Gasteiger partial charge in [-0.05, 0) is 64.4 Å². The van der Waals surface area contributed by atoms with Crippen LogP contribution in [-0.2, 0) is 6.42 Å². The summed E-state index contributed by atoms with van der Waals surface area (Å²) in [5.41, 5.74) is 6.30. The summed E-state index contributed by atoms with van der Waals surface area (Å²) in [5.74, 6) is -0.427. The number of aromatic carboxylic acids is 1. The molecule has 0 amide bonds. The zero-order chi connectivity index (χ0) is 29.1. The normalized spacial score (nSPS) is 11.8. The summed E-state index contributed by atoms with van der Waals surface area (Å²) < 4.78 is 3.32. The van der Waals surface area contributed by atoms with Gasteiger partial charge in [-0.25, -0.2) is 9.78 Å². The Kier molecular flexibility index (Phi) is 7.44. The van der Waals surface area contributed by atoms with Gasteiger partial charge in [0.05, 0.1) is 28.7 Å². The number of nitrogens with zero attached hydrogens (tertiary/aromatic N) is 6. The van der Waals surface area contributed by atoms with E-state index in [1.165, 1.54) is 6.33 Å². The molecule has 6 rings (SSSR count). The first kappa shape index (κ1) is 26.9. The van der Waals surface area contributed by atoms with Crippen molar-refractivity contribution in [2.24, 2.45) is 0 Å². The second-order valence-electron chi connectivity index (χ2n) is 9.57. The number of nitrogens with one attached hydrogen (secondary N) is 1. The number of carboxylic acids is 1. The summed E-state index contributed by atoms with van der Waals surface area (Å²) >= 11 is 6.39. The van der Waals surface area contributed by atoms with Crippen LogP contribution in [0.1, 0.15) is 33.4 Å². The molecule has 0 aliphatic carbocycles. The van der Waals surface area contributed by atoms with E-state index in [4.69, 9.17) is 21.4 Å². The predicted molar refractivity (Wildman–Crippen MR) is 155 cm³/mol. The summed E-state index contributed by atoms with van der Waals surface area (Å²) in [6.07, 6.45) is 5.85. The lowest BCUT2D eigenvalue weighted by atomic mass is 9.94. The highest BCUT2D eigenvalue weighted by atomic mass is 35.5. The number of carbonyl (C=O) groups is 1. The Morgan fingerprint density at radius 3 is 2.55 bits per heavy atom. The SMILES string of the molecule is CO[n+]1cc(-c2cc(Cl)ccc2-n2cnnn2)ccc1C(Cc1ccccc1)c1ncc(-c2ccc(C(=O)O)cc2)[nH]1. The molecule has 2 N–H and O–H groups in total. The summed E-state index contributed by atoms with van der Waals surface area (Å²) in [6.45, 7) is 0. The Balaban J connectivity index is 1.42. The van der Waals surface area contributed by atoms with Gasteiger partial charge in [0.2, 0.25) is 11.9 Å². The molecular weight excluding hydrogens is 554 g/mol. The molecule has 208 valence electrons. The average molecular weight is 579 g/mol. The van der Waals surface area contributed by atoms with Crippen molar-refractivity contribution < 1.29 is 19.5 Å². The number of imidazole rings is 1. The van der Waals surface area contributed by atoms with Crippen LogP contribution >= 0.6 is 11.6 Å². The molecule has 3 aromatic heterocycles. The number of aromatic amines is 1. The van der Waals surface area contributed by atoms with E-state index in [2.05, 4.69) is 32.6 Å². The van der Waals surface area contributed by atoms with Gasteiger partial charge < -0.3 is 10.1 Å². The molecule has 3 aromatic carbocycles. The van der Waals surface area contributed by atoms with Gasteiger partial charge in [-0.3, -0.25) is 4.84 Å². The molecule has 0 fully saturated rings. The number of carboxylic acid groups (broad SMARTS) is 1. The number of benzene rings is 3. The lowest BCUT2D eigenvalue weighted by Crippen LogP contribution is -2.46. The zero-order valence-electron chi connectivity index (χ0n) is 22.4. The van der Waals surface area contributed by atoms with Crippen LogP contribution in [0.5, 0.6) is 0 Å². The van der Waals surface area contributed by atoms with E-state index in [9.17, 15) is 9.90 Å². The molecule has 0 bridgehead atoms. The van der Waals surface area contributed by atoms with Crippen LogP contribution in [0.25, 0.3) is 28.1 Å². The van der Waals surface area contributed by atoms with Crippen molar-refractivity contribution in [3.05, 3.63) is 131 Å². The van der Waals surface area contributed by atoms with E-state index in [0.717, 1.165) is 45.2 Å². The fraction of sp³-hybridized carbons (Fsp3) is 0.0968. The predicted octanol–water partition coefficient (Wildman–Crippen LogP) is 4.79. The van der Waals surface area contributed by atoms with Gasteiger partial charge in [0.15, 0.2) is 0 Å². The largest absolute Gasteiger partial charge is 0.478 e. The lowest BCUT2D eigenvalue weighted by Gasteiger charge is -2.14. The molecule has 0 aliphatic heterocycles. The highest BCUT2D eigenvalue weighted by Crippen LogP contribution is 2.31. The molecule has 0 saturated heterocycles. The van der Waals surface area contributed by atoms with Crippen LogP contribution in [0.4, 0.5) is 0 Å². The first-order valence-corrected chi connectivity index (χ1v) is 13.4. The van der Waals surface area contributed by atoms with Crippen molar-refractivity contribution in [1.82, 2.24) is 30.2 Å². The minimum atomic E-state index is -0.967. The van der Waals surface area contributed by atoms with Gasteiger partial charge in [0.25, 0.3) is 0 Å². The minimum Gasteiger partial charge on any atom is -0.478 e. The Morgan fingerprint density at radius 1 is 1.05 bits per heavy atom. The highest BCUT2D eigenvalue weighted by Gasteiger charge is 2.30. The second kappa shape index (κ2) is 11.6. The van der Waals surface area contributed by atoms with Crippen LogP contribution in [0.3, 0.4) is 0 Å². The van der Waals surface area contributed by atoms with Crippen molar-refractivity contribution in [2.45, 2.75) is 12.3 Å². The van der Waals surface area contributed by atoms with E-state index < -0.39 is 5.97 Å². The summed E-state index contributed by atoms with van der Waals surface area (Å²) in [7, 11) is 1.62. The van der Waals surface area contributed by atoms with Gasteiger partial charge in [0, 0.05) is 21.4 Å². The molecule has 0 spiro atoms. The summed E-state index contributed by atoms with van der Waals surface area (Å²) in [5, 5.41) is 21.4. The number of pyridine rings is 1. The molecule has 1 atom stereocenters. The molecule has 0 radical (unpaired) electrons. The Labute approximate surface area is 245 Å². The highest BCUT2D eigenvalue weighted by molar-refractivity contribution is 6.31. The first-order valence-electron chi connectivity index (χ1n) is 13.1. The molecule has 10 nitrogen and oxygen atoms in total. The second-order valence-corrected chi connectivity index (χ2v) is 10.0. The number of rotatable bonds is 9. The van der Waals surface area contributed by atoms with Crippen molar-refractivity contribution in [3.63, 3.8) is 0 Å². The fourth-order valence-electron chi connectivity index (χ4n) is 4.93. The number of aromatic nitrogens is 7. The van der Waals surface area contributed by atoms with Crippen molar-refractivity contribution >= 4 is 17.6 Å². The first-order chi connectivity index (χ1) is 20.5. The number of H-pyrrole nitrogens is 1. The summed E-state index contributed by atoms with van der Waals surface area (Å²) in [4.78, 5) is 25.4. The smallest absolute Gasteiger partial charge is 0.335 e. The van der Waals surface area contributed by atoms with E-state index in [0.29, 0.717) is 11.4 Å². The lowest BCUT2D eigenvalue weighted by molar-refractivity contribution is -0.890. The number of hydrogen-bond donors (Lipinski definition) is 2. The van der Waals surface area contributed by atoms with Crippen LogP contribution in [0.2, 0.25) is 5.02 Å². The standard InChI is InChI=1S/C31H24ClN7O3/c1-42-39-18-23(25-16-24(32)12-14-28(25)38-19-34-36-37-38)11-13-29(39)26(15-20-5-3-2-4-6-20)30-33-17-27(35-30)21-7-9-22(10-8-21)31(40)41/h2-14,16-19,26H,15H2,1H3,(H-,33,35,40,41)/p+1. The van der Waals surface area contributed by atoms with Gasteiger partial charge in [-0.15, -0.1) is 5.10 Å². The third kappa shape index (κ3) is 5.48. The fourth-order valence-corrected chi connectivity index (χ4v) is 5.11. The molecule has 3 heterocycles. The molecule has 11 heteroatoms. The third-order valence-corrected chi connectivity index (χ3v) is 7.25. The van der Waals surface area contributed by atoms with Gasteiger partial charge in [0.1, 0.15) is 25.2 Å². The van der Waals surface area contributed by atoms with E-state index in [-0.39, 0.29) is 11.5 Å². The summed E-state index contributed by atoms with van der Waals surface area (Å²) in [6, 6.07) is 26.4. The van der Waals surface area contributed by atoms with Gasteiger partial charge in [-0.1, -0.05) is 54.1 Å². The maximum Gasteiger partial charge on any atom is 0.335 e. The van der Waals surface area contributed by atoms with Crippen molar-refractivity contribution in [1.29, 1.82) is 0 Å². The molecular formula is C31H25ClN7O3+. The molecule has 1 unspecified atom stereocenters. The molecule has 42 heavy (non-hydrogen) atoms. The Hall–Kier alpha value is -5.35. The van der Waals surface area contributed by atoms with Crippen LogP contribution in [0, 0.1) is 0 Å². The van der Waals surface area contributed by atoms with Gasteiger partial charge >= 0.3 is 5.97 Å². The third-order valence-electron chi connectivity index (χ3n) is 7.01. The maximum atomic E-state index is 11.3. The van der Waals surface area contributed by atoms with E-state index >= 15 is 0 Å².